The first-order valence-electron chi connectivity index (χ1n) is 4.75. The van der Waals surface area contributed by atoms with Gasteiger partial charge in [0.25, 0.3) is 0 Å². The molecule has 0 bridgehead atoms. The highest BCUT2D eigenvalue weighted by molar-refractivity contribution is 4.82. The zero-order valence-electron chi connectivity index (χ0n) is 9.20. The predicted octanol–water partition coefficient (Wildman–Crippen LogP) is 2.20. The third-order valence-electron chi connectivity index (χ3n) is 0.623. The molecule has 7 heavy (non-hydrogen) atoms. The standard InChI is InChI=1S/C7H12/c1-3-5-7-6-4-2/h1H,4-7H2,2H3/i2D3,4D2. The van der Waals surface area contributed by atoms with Gasteiger partial charge in [0.1, 0.15) is 0 Å². The molecule has 0 aliphatic heterocycles. The zero-order chi connectivity index (χ0) is 9.83. The normalized spacial score (nSPS) is 22.4. The van der Waals surface area contributed by atoms with Gasteiger partial charge in [-0.15, -0.1) is 12.3 Å². The van der Waals surface area contributed by atoms with Crippen LogP contribution in [0.3, 0.4) is 0 Å². The summed E-state index contributed by atoms with van der Waals surface area (Å²) in [4.78, 5) is 0. The molecule has 0 amide bonds. The van der Waals surface area contributed by atoms with Crippen LogP contribution >= 0.6 is 0 Å². The fourth-order valence-corrected chi connectivity index (χ4v) is 0.279. The molecule has 0 nitrogen and oxygen atoms in total. The largest absolute Gasteiger partial charge is 0.120 e. The molecule has 0 aromatic carbocycles. The Bertz CT molecular complexity index is 173. The number of rotatable bonds is 3. The Balaban J connectivity index is 3.98. The first kappa shape index (κ1) is 1.82. The van der Waals surface area contributed by atoms with Gasteiger partial charge >= 0.3 is 0 Å². The lowest BCUT2D eigenvalue weighted by Gasteiger charge is -1.86. The van der Waals surface area contributed by atoms with Crippen molar-refractivity contribution in [2.45, 2.75) is 32.5 Å². The molecular formula is C7H12. The molecule has 0 aliphatic carbocycles. The minimum absolute atomic E-state index is 0.00625. The van der Waals surface area contributed by atoms with Crippen LogP contribution in [-0.4, -0.2) is 0 Å². The summed E-state index contributed by atoms with van der Waals surface area (Å²) in [6.45, 7) is -2.54. The zero-order valence-corrected chi connectivity index (χ0v) is 4.20. The predicted molar refractivity (Wildman–Crippen MR) is 33.0 cm³/mol. The van der Waals surface area contributed by atoms with Gasteiger partial charge in [-0.05, 0) is 6.42 Å². The van der Waals surface area contributed by atoms with E-state index in [1.54, 1.807) is 0 Å². The van der Waals surface area contributed by atoms with Crippen molar-refractivity contribution in [1.82, 2.24) is 0 Å². The molecule has 0 saturated heterocycles. The van der Waals surface area contributed by atoms with Crippen LogP contribution in [0.5, 0.6) is 0 Å². The summed E-state index contributed by atoms with van der Waals surface area (Å²) in [6.07, 6.45) is 3.69. The van der Waals surface area contributed by atoms with E-state index in [2.05, 4.69) is 5.92 Å². The molecule has 0 radical (unpaired) electrons. The monoisotopic (exact) mass is 101 g/mol. The molecule has 0 aromatic rings. The molecule has 0 saturated carbocycles. The molecule has 0 rings (SSSR count). The maximum absolute atomic E-state index is 7.19. The van der Waals surface area contributed by atoms with Crippen molar-refractivity contribution in [2.75, 3.05) is 0 Å². The quantitative estimate of drug-likeness (QED) is 0.377. The smallest absolute Gasteiger partial charge is 0.0264 e. The Kier molecular flexibility index (Phi) is 1.44. The van der Waals surface area contributed by atoms with E-state index in [-0.39, 0.29) is 6.42 Å². The van der Waals surface area contributed by atoms with Crippen LogP contribution in [0, 0.1) is 12.3 Å². The molecule has 40 valence electrons. The highest BCUT2D eigenvalue weighted by Gasteiger charge is 1.77. The van der Waals surface area contributed by atoms with Crippen LogP contribution in [0.2, 0.25) is 0 Å². The van der Waals surface area contributed by atoms with Crippen molar-refractivity contribution in [2.24, 2.45) is 0 Å². The maximum Gasteiger partial charge on any atom is 0.0264 e. The van der Waals surface area contributed by atoms with Crippen molar-refractivity contribution in [3.05, 3.63) is 0 Å². The van der Waals surface area contributed by atoms with Crippen LogP contribution < -0.4 is 0 Å². The van der Waals surface area contributed by atoms with Crippen molar-refractivity contribution in [3.63, 3.8) is 0 Å². The molecule has 0 N–H and O–H groups in total. The summed E-state index contributed by atoms with van der Waals surface area (Å²) < 4.78 is 35.0. The third kappa shape index (κ3) is 5.56. The van der Waals surface area contributed by atoms with Gasteiger partial charge in [0.15, 0.2) is 0 Å². The number of unbranched alkanes of at least 4 members (excludes halogenated alkanes) is 1. The van der Waals surface area contributed by atoms with Crippen LogP contribution in [0.1, 0.15) is 39.3 Å². The highest BCUT2D eigenvalue weighted by Crippen LogP contribution is 1.95. The summed E-state index contributed by atoms with van der Waals surface area (Å²) in [5.74, 6) is 2.34. The van der Waals surface area contributed by atoms with E-state index in [0.717, 1.165) is 0 Å². The third-order valence-corrected chi connectivity index (χ3v) is 0.623. The van der Waals surface area contributed by atoms with E-state index in [0.29, 0.717) is 12.8 Å². The Morgan fingerprint density at radius 2 is 2.71 bits per heavy atom. The molecule has 0 aromatic heterocycles. The first-order chi connectivity index (χ1) is 5.31. The van der Waals surface area contributed by atoms with Crippen molar-refractivity contribution >= 4 is 0 Å². The van der Waals surface area contributed by atoms with Gasteiger partial charge in [-0.25, -0.2) is 0 Å². The average Bonchev–Trinajstić information content (AvgIpc) is 1.85. The second-order valence-corrected chi connectivity index (χ2v) is 1.23. The lowest BCUT2D eigenvalue weighted by atomic mass is 10.2. The highest BCUT2D eigenvalue weighted by atomic mass is 13.8. The van der Waals surface area contributed by atoms with Gasteiger partial charge in [0.05, 0.1) is 0 Å². The number of hydrogen-bond donors (Lipinski definition) is 0. The first-order valence-corrected chi connectivity index (χ1v) is 2.25. The minimum atomic E-state index is -2.54. The van der Waals surface area contributed by atoms with Crippen molar-refractivity contribution in [1.29, 1.82) is 0 Å². The second kappa shape index (κ2) is 5.56. The maximum atomic E-state index is 7.19. The van der Waals surface area contributed by atoms with Crippen LogP contribution in [-0.2, 0) is 0 Å². The lowest BCUT2D eigenvalue weighted by molar-refractivity contribution is 0.737. The van der Waals surface area contributed by atoms with Gasteiger partial charge in [-0.2, -0.15) is 0 Å². The van der Waals surface area contributed by atoms with Gasteiger partial charge in [-0.1, -0.05) is 19.6 Å². The number of hydrogen-bond acceptors (Lipinski definition) is 0. The Morgan fingerprint density at radius 3 is 3.29 bits per heavy atom. The van der Waals surface area contributed by atoms with E-state index in [1.807, 2.05) is 0 Å². The van der Waals surface area contributed by atoms with Crippen molar-refractivity contribution < 1.29 is 6.85 Å². The molecule has 0 heterocycles. The molecule has 0 spiro atoms. The van der Waals surface area contributed by atoms with E-state index in [1.165, 1.54) is 0 Å². The van der Waals surface area contributed by atoms with Crippen LogP contribution in [0.15, 0.2) is 0 Å². The van der Waals surface area contributed by atoms with E-state index in [9.17, 15) is 0 Å². The molecule has 0 aliphatic rings. The minimum Gasteiger partial charge on any atom is -0.120 e. The average molecular weight is 101 g/mol. The Hall–Kier alpha value is -0.440. The van der Waals surface area contributed by atoms with E-state index >= 15 is 0 Å². The van der Waals surface area contributed by atoms with Gasteiger partial charge in [-0.3, -0.25) is 0 Å². The van der Waals surface area contributed by atoms with E-state index < -0.39 is 13.2 Å². The lowest BCUT2D eigenvalue weighted by Crippen LogP contribution is -1.68. The second-order valence-electron chi connectivity index (χ2n) is 1.23. The van der Waals surface area contributed by atoms with Crippen molar-refractivity contribution in [3.8, 4) is 12.3 Å². The molecule has 0 heteroatoms. The summed E-state index contributed by atoms with van der Waals surface area (Å²) in [5.41, 5.74) is 0. The summed E-state index contributed by atoms with van der Waals surface area (Å²) in [6, 6.07) is 0. The van der Waals surface area contributed by atoms with Gasteiger partial charge < -0.3 is 0 Å². The van der Waals surface area contributed by atoms with Gasteiger partial charge in [0, 0.05) is 13.3 Å². The molecule has 0 unspecified atom stereocenters. The van der Waals surface area contributed by atoms with E-state index in [4.69, 9.17) is 13.3 Å². The number of terminal acetylenes is 1. The fourth-order valence-electron chi connectivity index (χ4n) is 0.279. The summed E-state index contributed by atoms with van der Waals surface area (Å²) >= 11 is 0. The molecule has 0 atom stereocenters. The topological polar surface area (TPSA) is 0 Å². The summed E-state index contributed by atoms with van der Waals surface area (Å²) in [5, 5.41) is 0. The molecule has 0 fully saturated rings. The molecular weight excluding hydrogens is 84.1 g/mol. The van der Waals surface area contributed by atoms with Gasteiger partial charge in [0.2, 0.25) is 0 Å². The van der Waals surface area contributed by atoms with Crippen LogP contribution in [0.4, 0.5) is 0 Å². The Morgan fingerprint density at radius 1 is 1.86 bits per heavy atom. The SMILES string of the molecule is [2H]C([2H])([2H])C([2H])([2H])CCCC#C. The fraction of sp³-hybridized carbons (Fsp3) is 0.714. The Labute approximate surface area is 53.0 Å². The van der Waals surface area contributed by atoms with Crippen LogP contribution in [0.25, 0.3) is 0 Å². The summed E-state index contributed by atoms with van der Waals surface area (Å²) in [7, 11) is 0.